The molecular formula is C20H13N3O5S2. The van der Waals surface area contributed by atoms with Crippen LogP contribution in [-0.4, -0.2) is 23.3 Å². The maximum atomic E-state index is 12.4. The van der Waals surface area contributed by atoms with Crippen LogP contribution in [0.15, 0.2) is 84.1 Å². The summed E-state index contributed by atoms with van der Waals surface area (Å²) in [4.78, 5) is 19.3. The molecule has 0 aliphatic carbocycles. The Morgan fingerprint density at radius 1 is 0.967 bits per heavy atom. The molecule has 4 rings (SSSR count). The molecule has 0 N–H and O–H groups in total. The van der Waals surface area contributed by atoms with Gasteiger partial charge >= 0.3 is 10.1 Å². The minimum atomic E-state index is -4.20. The third-order valence-corrected chi connectivity index (χ3v) is 6.41. The van der Waals surface area contributed by atoms with E-state index in [-0.39, 0.29) is 16.3 Å². The van der Waals surface area contributed by atoms with Crippen molar-refractivity contribution >= 4 is 27.1 Å². The Hall–Kier alpha value is -3.63. The molecule has 0 amide bonds. The monoisotopic (exact) mass is 439 g/mol. The van der Waals surface area contributed by atoms with Gasteiger partial charge in [-0.1, -0.05) is 6.07 Å². The van der Waals surface area contributed by atoms with E-state index in [0.29, 0.717) is 0 Å². The highest BCUT2D eigenvalue weighted by atomic mass is 32.2. The number of hydrogen-bond donors (Lipinski definition) is 0. The third kappa shape index (κ3) is 4.19. The van der Waals surface area contributed by atoms with Crippen molar-refractivity contribution in [2.24, 2.45) is 0 Å². The summed E-state index contributed by atoms with van der Waals surface area (Å²) in [6.45, 7) is 0. The number of thiazole rings is 1. The summed E-state index contributed by atoms with van der Waals surface area (Å²) in [7, 11) is -4.20. The van der Waals surface area contributed by atoms with Gasteiger partial charge in [0.05, 0.1) is 9.80 Å². The smallest absolute Gasteiger partial charge is 0.339 e. The van der Waals surface area contributed by atoms with Crippen molar-refractivity contribution in [3.63, 3.8) is 0 Å². The van der Waals surface area contributed by atoms with E-state index in [4.69, 9.17) is 4.18 Å². The van der Waals surface area contributed by atoms with Gasteiger partial charge in [0.25, 0.3) is 5.69 Å². The zero-order valence-corrected chi connectivity index (χ0v) is 16.8. The standard InChI is InChI=1S/C20H13N3O5S2/c24-23(25)16-4-1-5-18(11-16)30(26,27)28-17-8-6-14(7-9-17)19-13-22-20(29-19)15-3-2-10-21-12-15/h1-13H. The molecule has 0 spiro atoms. The maximum absolute atomic E-state index is 12.4. The number of nitro groups is 1. The molecule has 10 heteroatoms. The molecule has 0 atom stereocenters. The van der Waals surface area contributed by atoms with Crippen molar-refractivity contribution in [3.05, 3.63) is 89.4 Å². The number of nitro benzene ring substituents is 1. The van der Waals surface area contributed by atoms with E-state index in [9.17, 15) is 18.5 Å². The van der Waals surface area contributed by atoms with Crippen LogP contribution in [0, 0.1) is 10.1 Å². The van der Waals surface area contributed by atoms with E-state index >= 15 is 0 Å². The van der Waals surface area contributed by atoms with E-state index in [0.717, 1.165) is 27.1 Å². The Balaban J connectivity index is 1.54. The number of benzene rings is 2. The first-order valence-corrected chi connectivity index (χ1v) is 10.8. The average Bonchev–Trinajstić information content (AvgIpc) is 3.25. The maximum Gasteiger partial charge on any atom is 0.339 e. The van der Waals surface area contributed by atoms with Crippen molar-refractivity contribution in [2.75, 3.05) is 0 Å². The van der Waals surface area contributed by atoms with Crippen molar-refractivity contribution in [1.82, 2.24) is 9.97 Å². The molecule has 0 unspecified atom stereocenters. The van der Waals surface area contributed by atoms with E-state index < -0.39 is 15.0 Å². The van der Waals surface area contributed by atoms with Gasteiger partial charge < -0.3 is 4.18 Å². The van der Waals surface area contributed by atoms with Crippen molar-refractivity contribution in [2.45, 2.75) is 4.90 Å². The molecule has 0 aliphatic rings. The number of nitrogens with zero attached hydrogens (tertiary/aromatic N) is 3. The lowest BCUT2D eigenvalue weighted by Crippen LogP contribution is -2.10. The highest BCUT2D eigenvalue weighted by Crippen LogP contribution is 2.33. The molecule has 2 aromatic carbocycles. The Morgan fingerprint density at radius 3 is 2.47 bits per heavy atom. The minimum absolute atomic E-state index is 0.0993. The van der Waals surface area contributed by atoms with Crippen LogP contribution in [0.4, 0.5) is 5.69 Å². The molecule has 8 nitrogen and oxygen atoms in total. The van der Waals surface area contributed by atoms with Crippen LogP contribution in [0.2, 0.25) is 0 Å². The summed E-state index contributed by atoms with van der Waals surface area (Å²) in [6, 6.07) is 15.0. The Morgan fingerprint density at radius 2 is 1.77 bits per heavy atom. The van der Waals surface area contributed by atoms with E-state index in [1.54, 1.807) is 30.7 Å². The van der Waals surface area contributed by atoms with Gasteiger partial charge in [-0.15, -0.1) is 11.3 Å². The van der Waals surface area contributed by atoms with Crippen molar-refractivity contribution in [1.29, 1.82) is 0 Å². The lowest BCUT2D eigenvalue weighted by molar-refractivity contribution is -0.385. The second-order valence-electron chi connectivity index (χ2n) is 6.09. The van der Waals surface area contributed by atoms with Crippen LogP contribution in [0.1, 0.15) is 0 Å². The minimum Gasteiger partial charge on any atom is -0.379 e. The molecule has 0 radical (unpaired) electrons. The van der Waals surface area contributed by atoms with Crippen LogP contribution < -0.4 is 4.18 Å². The normalized spacial score (nSPS) is 11.2. The summed E-state index contributed by atoms with van der Waals surface area (Å²) in [5.41, 5.74) is 1.43. The molecule has 0 saturated carbocycles. The van der Waals surface area contributed by atoms with E-state index in [1.165, 1.54) is 41.7 Å². The molecule has 2 aromatic heterocycles. The molecule has 0 aliphatic heterocycles. The van der Waals surface area contributed by atoms with Gasteiger partial charge in [0.1, 0.15) is 15.7 Å². The fourth-order valence-electron chi connectivity index (χ4n) is 2.63. The van der Waals surface area contributed by atoms with Crippen LogP contribution in [0.5, 0.6) is 5.75 Å². The topological polar surface area (TPSA) is 112 Å². The van der Waals surface area contributed by atoms with Gasteiger partial charge in [-0.3, -0.25) is 15.1 Å². The van der Waals surface area contributed by atoms with Gasteiger partial charge in [0.2, 0.25) is 0 Å². The number of rotatable bonds is 6. The Labute approximate surface area is 175 Å². The van der Waals surface area contributed by atoms with Gasteiger partial charge in [-0.2, -0.15) is 8.42 Å². The predicted octanol–water partition coefficient (Wildman–Crippen LogP) is 4.55. The first kappa shape index (κ1) is 19.7. The first-order valence-electron chi connectivity index (χ1n) is 8.58. The van der Waals surface area contributed by atoms with Crippen LogP contribution in [0.3, 0.4) is 0 Å². The molecule has 150 valence electrons. The summed E-state index contributed by atoms with van der Waals surface area (Å²) in [5, 5.41) is 11.7. The fourth-order valence-corrected chi connectivity index (χ4v) is 4.52. The lowest BCUT2D eigenvalue weighted by Gasteiger charge is -2.07. The van der Waals surface area contributed by atoms with Gasteiger partial charge in [0.15, 0.2) is 0 Å². The highest BCUT2D eigenvalue weighted by molar-refractivity contribution is 7.87. The van der Waals surface area contributed by atoms with E-state index in [1.807, 2.05) is 12.1 Å². The molecule has 0 bridgehead atoms. The summed E-state index contributed by atoms with van der Waals surface area (Å²) < 4.78 is 30.0. The molecule has 4 aromatic rings. The summed E-state index contributed by atoms with van der Waals surface area (Å²) in [5.74, 6) is 0.0993. The fraction of sp³-hybridized carbons (Fsp3) is 0. The number of aromatic nitrogens is 2. The predicted molar refractivity (Wildman–Crippen MR) is 112 cm³/mol. The first-order chi connectivity index (χ1) is 14.4. The SMILES string of the molecule is O=[N+]([O-])c1cccc(S(=O)(=O)Oc2ccc(-c3cnc(-c4cccnc4)s3)cc2)c1. The molecule has 2 heterocycles. The largest absolute Gasteiger partial charge is 0.379 e. The van der Waals surface area contributed by atoms with Gasteiger partial charge in [-0.25, -0.2) is 4.98 Å². The number of non-ortho nitro benzene ring substituents is 1. The van der Waals surface area contributed by atoms with Gasteiger partial charge in [0, 0.05) is 36.3 Å². The quantitative estimate of drug-likeness (QED) is 0.246. The van der Waals surface area contributed by atoms with Gasteiger partial charge in [-0.05, 0) is 48.0 Å². The average molecular weight is 439 g/mol. The second-order valence-corrected chi connectivity index (χ2v) is 8.66. The zero-order chi connectivity index (χ0) is 21.1. The van der Waals surface area contributed by atoms with E-state index in [2.05, 4.69) is 9.97 Å². The summed E-state index contributed by atoms with van der Waals surface area (Å²) >= 11 is 1.49. The second kappa shape index (κ2) is 8.01. The molecule has 0 fully saturated rings. The third-order valence-electron chi connectivity index (χ3n) is 4.08. The summed E-state index contributed by atoms with van der Waals surface area (Å²) in [6.07, 6.45) is 5.17. The Kier molecular flexibility index (Phi) is 5.25. The number of pyridine rings is 1. The van der Waals surface area contributed by atoms with Crippen molar-refractivity contribution < 1.29 is 17.5 Å². The molecule has 30 heavy (non-hydrogen) atoms. The molecule has 0 saturated heterocycles. The Bertz CT molecular complexity index is 1300. The van der Waals surface area contributed by atoms with Crippen LogP contribution in [-0.2, 0) is 10.1 Å². The molecular weight excluding hydrogens is 426 g/mol. The zero-order valence-electron chi connectivity index (χ0n) is 15.2. The van der Waals surface area contributed by atoms with Crippen molar-refractivity contribution in [3.8, 4) is 26.8 Å². The highest BCUT2D eigenvalue weighted by Gasteiger charge is 2.20. The number of hydrogen-bond acceptors (Lipinski definition) is 8. The lowest BCUT2D eigenvalue weighted by atomic mass is 10.2. The van der Waals surface area contributed by atoms with Crippen LogP contribution in [0.25, 0.3) is 21.0 Å². The van der Waals surface area contributed by atoms with Crippen LogP contribution >= 0.6 is 11.3 Å².